The zero-order valence-corrected chi connectivity index (χ0v) is 21.5. The first kappa shape index (κ1) is 28.2. The molecule has 2 aromatic heterocycles. The number of hydrogen-bond donors (Lipinski definition) is 1. The Hall–Kier alpha value is -4.36. The number of pyridine rings is 1. The molecule has 0 atom stereocenters. The van der Waals surface area contributed by atoms with Gasteiger partial charge < -0.3 is 4.74 Å². The molecule has 0 saturated carbocycles. The number of rotatable bonds is 5. The number of hydrogen-bond acceptors (Lipinski definition) is 7. The standard InChI is InChI=1S/C14H12FN5O2S.C11H12FNO2/c1-9-18-14(10-3-2-4-11(15)7-10)20(19-9)13-6-5-12(8-17-13)23(16,21)22;1-3-15-8(2)13-11(14)9-5-4-6-10(12)7-9/h2-8H,1H3,(H2,16,21,22);4-7H,3H2,1-2H3. The number of carbonyl (C=O) groups excluding carboxylic acids is 1. The largest absolute Gasteiger partial charge is 0.481 e. The van der Waals surface area contributed by atoms with Gasteiger partial charge in [0, 0.05) is 24.2 Å². The van der Waals surface area contributed by atoms with E-state index in [0.717, 1.165) is 12.3 Å². The fourth-order valence-electron chi connectivity index (χ4n) is 3.13. The summed E-state index contributed by atoms with van der Waals surface area (Å²) in [5, 5.41) is 9.26. The molecule has 4 rings (SSSR count). The van der Waals surface area contributed by atoms with Crippen molar-refractivity contribution in [2.75, 3.05) is 6.61 Å². The van der Waals surface area contributed by atoms with Crippen molar-refractivity contribution in [3.63, 3.8) is 0 Å². The van der Waals surface area contributed by atoms with Crippen LogP contribution in [0.5, 0.6) is 0 Å². The number of aliphatic imine (C=N–C) groups is 1. The molecule has 0 aliphatic carbocycles. The molecule has 2 aromatic carbocycles. The van der Waals surface area contributed by atoms with Crippen LogP contribution < -0.4 is 5.14 Å². The number of benzene rings is 2. The Bertz CT molecular complexity index is 1570. The van der Waals surface area contributed by atoms with Crippen LogP contribution in [0, 0.1) is 18.6 Å². The molecule has 0 radical (unpaired) electrons. The summed E-state index contributed by atoms with van der Waals surface area (Å²) >= 11 is 0. The molecule has 0 aliphatic rings. The minimum atomic E-state index is -3.82. The summed E-state index contributed by atoms with van der Waals surface area (Å²) in [7, 11) is -3.82. The van der Waals surface area contributed by atoms with E-state index in [4.69, 9.17) is 9.88 Å². The van der Waals surface area contributed by atoms with E-state index in [1.54, 1.807) is 32.9 Å². The average molecular weight is 543 g/mol. The number of carbonyl (C=O) groups is 1. The lowest BCUT2D eigenvalue weighted by Gasteiger charge is -2.06. The molecule has 0 unspecified atom stereocenters. The maximum Gasteiger partial charge on any atom is 0.280 e. The number of nitrogens with two attached hydrogens (primary N) is 1. The number of nitrogens with zero attached hydrogens (tertiary/aromatic N) is 5. The molecule has 0 bridgehead atoms. The summed E-state index contributed by atoms with van der Waals surface area (Å²) in [5.74, 6) is 0.154. The fourth-order valence-corrected chi connectivity index (χ4v) is 3.58. The van der Waals surface area contributed by atoms with Gasteiger partial charge in [0.05, 0.1) is 6.61 Å². The van der Waals surface area contributed by atoms with Gasteiger partial charge in [0.15, 0.2) is 17.5 Å². The number of halogens is 2. The molecule has 198 valence electrons. The van der Waals surface area contributed by atoms with Crippen LogP contribution in [0.25, 0.3) is 17.2 Å². The van der Waals surface area contributed by atoms with Crippen molar-refractivity contribution in [1.29, 1.82) is 0 Å². The van der Waals surface area contributed by atoms with Crippen molar-refractivity contribution in [3.8, 4) is 17.2 Å². The Labute approximate surface area is 217 Å². The van der Waals surface area contributed by atoms with Crippen molar-refractivity contribution in [1.82, 2.24) is 19.7 Å². The lowest BCUT2D eigenvalue weighted by Crippen LogP contribution is -2.13. The lowest BCUT2D eigenvalue weighted by molar-refractivity contribution is 0.0998. The van der Waals surface area contributed by atoms with Crippen LogP contribution in [0.4, 0.5) is 8.78 Å². The van der Waals surface area contributed by atoms with E-state index in [0.29, 0.717) is 29.6 Å². The van der Waals surface area contributed by atoms with Crippen LogP contribution in [-0.4, -0.2) is 46.6 Å². The van der Waals surface area contributed by atoms with E-state index in [-0.39, 0.29) is 16.4 Å². The zero-order valence-electron chi connectivity index (χ0n) is 20.7. The highest BCUT2D eigenvalue weighted by Crippen LogP contribution is 2.21. The third-order valence-corrected chi connectivity index (χ3v) is 5.64. The first-order valence-electron chi connectivity index (χ1n) is 11.1. The van der Waals surface area contributed by atoms with Crippen molar-refractivity contribution in [2.45, 2.75) is 25.7 Å². The van der Waals surface area contributed by atoms with Gasteiger partial charge in [-0.25, -0.2) is 32.3 Å². The molecule has 1 amide bonds. The summed E-state index contributed by atoms with van der Waals surface area (Å²) in [5.41, 5.74) is 0.747. The van der Waals surface area contributed by atoms with E-state index >= 15 is 0 Å². The number of aromatic nitrogens is 4. The number of aryl methyl sites for hydroxylation is 1. The molecule has 13 heteroatoms. The van der Waals surface area contributed by atoms with Crippen LogP contribution in [0.3, 0.4) is 0 Å². The van der Waals surface area contributed by atoms with Crippen LogP contribution in [0.15, 0.2) is 76.7 Å². The van der Waals surface area contributed by atoms with Gasteiger partial charge in [-0.3, -0.25) is 4.79 Å². The SMILES string of the molecule is CCOC(C)=NC(=O)c1cccc(F)c1.Cc1nc(-c2cccc(F)c2)n(-c2ccc(S(N)(=O)=O)cn2)n1. The van der Waals surface area contributed by atoms with Gasteiger partial charge in [-0.15, -0.1) is 5.10 Å². The third kappa shape index (κ3) is 7.57. The Morgan fingerprint density at radius 2 is 1.76 bits per heavy atom. The molecule has 4 aromatic rings. The predicted octanol–water partition coefficient (Wildman–Crippen LogP) is 3.85. The average Bonchev–Trinajstić information content (AvgIpc) is 3.26. The first-order chi connectivity index (χ1) is 18.0. The fraction of sp³-hybridized carbons (Fsp3) is 0.160. The van der Waals surface area contributed by atoms with Crippen molar-refractivity contribution in [2.24, 2.45) is 10.1 Å². The van der Waals surface area contributed by atoms with Gasteiger partial charge >= 0.3 is 0 Å². The molecule has 0 saturated heterocycles. The lowest BCUT2D eigenvalue weighted by atomic mass is 10.2. The normalized spacial score (nSPS) is 11.5. The van der Waals surface area contributed by atoms with Gasteiger partial charge in [0.2, 0.25) is 10.0 Å². The Balaban J connectivity index is 0.000000232. The van der Waals surface area contributed by atoms with Crippen molar-refractivity contribution < 1.29 is 26.7 Å². The van der Waals surface area contributed by atoms with Crippen molar-refractivity contribution in [3.05, 3.63) is 89.9 Å². The quantitative estimate of drug-likeness (QED) is 0.298. The van der Waals surface area contributed by atoms with E-state index < -0.39 is 27.6 Å². The van der Waals surface area contributed by atoms with Gasteiger partial charge in [0.25, 0.3) is 5.91 Å². The number of ether oxygens (including phenoxy) is 1. The highest BCUT2D eigenvalue weighted by atomic mass is 32.2. The van der Waals surface area contributed by atoms with E-state index in [9.17, 15) is 22.0 Å². The Morgan fingerprint density at radius 3 is 2.34 bits per heavy atom. The van der Waals surface area contributed by atoms with E-state index in [1.165, 1.54) is 47.1 Å². The summed E-state index contributed by atoms with van der Waals surface area (Å²) < 4.78 is 55.2. The molecule has 0 aliphatic heterocycles. The topological polar surface area (TPSA) is 142 Å². The van der Waals surface area contributed by atoms with Crippen molar-refractivity contribution >= 4 is 21.8 Å². The Kier molecular flexibility index (Phi) is 9.10. The molecule has 2 N–H and O–H groups in total. The van der Waals surface area contributed by atoms with Crippen LogP contribution in [0.1, 0.15) is 30.0 Å². The van der Waals surface area contributed by atoms with E-state index in [1.807, 2.05) is 0 Å². The Morgan fingerprint density at radius 1 is 1.08 bits per heavy atom. The highest BCUT2D eigenvalue weighted by molar-refractivity contribution is 7.89. The first-order valence-corrected chi connectivity index (χ1v) is 12.7. The summed E-state index contributed by atoms with van der Waals surface area (Å²) in [6, 6.07) is 14.1. The highest BCUT2D eigenvalue weighted by Gasteiger charge is 2.15. The molecular weight excluding hydrogens is 518 g/mol. The van der Waals surface area contributed by atoms with Gasteiger partial charge in [0.1, 0.15) is 22.4 Å². The molecular formula is C25H24F2N6O4S. The minimum absolute atomic E-state index is 0.106. The number of amides is 1. The van der Waals surface area contributed by atoms with Gasteiger partial charge in [-0.2, -0.15) is 9.67 Å². The third-order valence-electron chi connectivity index (χ3n) is 4.75. The predicted molar refractivity (Wildman–Crippen MR) is 136 cm³/mol. The van der Waals surface area contributed by atoms with Crippen LogP contribution >= 0.6 is 0 Å². The maximum atomic E-state index is 13.4. The number of sulfonamides is 1. The molecule has 0 spiro atoms. The zero-order chi connectivity index (χ0) is 27.9. The molecule has 38 heavy (non-hydrogen) atoms. The minimum Gasteiger partial charge on any atom is -0.481 e. The maximum absolute atomic E-state index is 13.4. The van der Waals surface area contributed by atoms with Crippen LogP contribution in [0.2, 0.25) is 0 Å². The second-order valence-electron chi connectivity index (χ2n) is 7.68. The van der Waals surface area contributed by atoms with Gasteiger partial charge in [-0.1, -0.05) is 18.2 Å². The smallest absolute Gasteiger partial charge is 0.280 e. The summed E-state index contributed by atoms with van der Waals surface area (Å²) in [4.78, 5) is 23.3. The molecule has 10 nitrogen and oxygen atoms in total. The second-order valence-corrected chi connectivity index (χ2v) is 9.24. The van der Waals surface area contributed by atoms with E-state index in [2.05, 4.69) is 20.1 Å². The molecule has 0 fully saturated rings. The summed E-state index contributed by atoms with van der Waals surface area (Å²) in [6.07, 6.45) is 1.14. The summed E-state index contributed by atoms with van der Waals surface area (Å²) in [6.45, 7) is 5.52. The van der Waals surface area contributed by atoms with Crippen LogP contribution in [-0.2, 0) is 14.8 Å². The molecule has 2 heterocycles. The van der Waals surface area contributed by atoms with Gasteiger partial charge in [-0.05, 0) is 56.3 Å². The second kappa shape index (κ2) is 12.3. The number of primary sulfonamides is 1. The monoisotopic (exact) mass is 542 g/mol.